The third-order valence-corrected chi connectivity index (χ3v) is 9.10. The van der Waals surface area contributed by atoms with Gasteiger partial charge in [-0.05, 0) is 108 Å². The second kappa shape index (κ2) is 17.2. The van der Waals surface area contributed by atoms with Crippen molar-refractivity contribution in [3.8, 4) is 0 Å². The first-order chi connectivity index (χ1) is 22.1. The molecule has 250 valence electrons. The van der Waals surface area contributed by atoms with Crippen molar-refractivity contribution in [2.45, 2.75) is 78.2 Å². The first kappa shape index (κ1) is 37.3. The summed E-state index contributed by atoms with van der Waals surface area (Å²) in [5, 5.41) is 12.3. The average Bonchev–Trinajstić information content (AvgIpc) is 3.86. The number of esters is 1. The van der Waals surface area contributed by atoms with Crippen LogP contribution in [-0.4, -0.2) is 37.7 Å². The predicted molar refractivity (Wildman–Crippen MR) is 191 cm³/mol. The molecule has 46 heavy (non-hydrogen) atoms. The van der Waals surface area contributed by atoms with Crippen LogP contribution >= 0.6 is 31.9 Å². The van der Waals surface area contributed by atoms with E-state index in [1.807, 2.05) is 26.8 Å². The van der Waals surface area contributed by atoms with Gasteiger partial charge in [-0.3, -0.25) is 4.79 Å². The molecule has 0 spiro atoms. The molecule has 0 atom stereocenters. The fourth-order valence-corrected chi connectivity index (χ4v) is 6.12. The van der Waals surface area contributed by atoms with Crippen LogP contribution in [-0.2, 0) is 15.1 Å². The Labute approximate surface area is 286 Å². The number of aldehydes is 1. The lowest BCUT2D eigenvalue weighted by Crippen LogP contribution is -2.23. The number of aliphatic hydroxyl groups is 1. The molecule has 2 aliphatic rings. The van der Waals surface area contributed by atoms with Gasteiger partial charge in [0.1, 0.15) is 28.1 Å². The molecule has 0 bridgehead atoms. The van der Waals surface area contributed by atoms with Gasteiger partial charge >= 0.3 is 5.97 Å². The Bertz CT molecular complexity index is 1680. The number of hydrogen-bond donors (Lipinski definition) is 3. The van der Waals surface area contributed by atoms with Gasteiger partial charge in [0, 0.05) is 56.9 Å². The molecular formula is C35H44Br2N2O7. The predicted octanol–water partition coefficient (Wildman–Crippen LogP) is 9.55. The lowest BCUT2D eigenvalue weighted by molar-refractivity contribution is 0.0195. The maximum Gasteiger partial charge on any atom is 0.342 e. The Morgan fingerprint density at radius 1 is 0.957 bits per heavy atom. The minimum Gasteiger partial charge on any atom is -0.462 e. The molecule has 4 aromatic rings. The van der Waals surface area contributed by atoms with Crippen LogP contribution in [0, 0.1) is 0 Å². The van der Waals surface area contributed by atoms with Gasteiger partial charge in [-0.2, -0.15) is 0 Å². The van der Waals surface area contributed by atoms with E-state index in [2.05, 4.69) is 42.7 Å². The first-order valence-corrected chi connectivity index (χ1v) is 17.2. The highest BCUT2D eigenvalue weighted by Crippen LogP contribution is 2.44. The summed E-state index contributed by atoms with van der Waals surface area (Å²) >= 11 is 6.74. The smallest absolute Gasteiger partial charge is 0.342 e. The van der Waals surface area contributed by atoms with Gasteiger partial charge in [0.15, 0.2) is 12.0 Å². The summed E-state index contributed by atoms with van der Waals surface area (Å²) in [6.07, 6.45) is 9.12. The van der Waals surface area contributed by atoms with Crippen molar-refractivity contribution in [3.05, 3.63) is 61.9 Å². The number of allylic oxidation sites excluding steroid dienone is 2. The number of nitrogen functional groups attached to an aromatic ring is 2. The molecule has 0 saturated heterocycles. The van der Waals surface area contributed by atoms with Crippen LogP contribution in [0.4, 0.5) is 11.4 Å². The van der Waals surface area contributed by atoms with Crippen LogP contribution in [0.25, 0.3) is 27.5 Å². The Morgan fingerprint density at radius 2 is 1.52 bits per heavy atom. The molecule has 2 aromatic carbocycles. The SMILES string of the molecule is CC.CCOC.CCOC(=O)c1c(C2(O)CCCC2)oc2cc(N)c(Br)cc12.Nc1cc2oc(C3=CCCC3)c(C=O)c2cc1Br. The lowest BCUT2D eigenvalue weighted by Gasteiger charge is -2.20. The number of furan rings is 2. The monoisotopic (exact) mass is 762 g/mol. The van der Waals surface area contributed by atoms with Gasteiger partial charge in [-0.25, -0.2) is 4.79 Å². The van der Waals surface area contributed by atoms with Gasteiger partial charge in [-0.15, -0.1) is 0 Å². The maximum absolute atomic E-state index is 12.4. The van der Waals surface area contributed by atoms with Crippen molar-refractivity contribution in [3.63, 3.8) is 0 Å². The molecule has 0 radical (unpaired) electrons. The Hall–Kier alpha value is -3.12. The summed E-state index contributed by atoms with van der Waals surface area (Å²) in [5.41, 5.74) is 14.9. The molecule has 9 nitrogen and oxygen atoms in total. The van der Waals surface area contributed by atoms with E-state index in [-0.39, 0.29) is 6.61 Å². The Morgan fingerprint density at radius 3 is 2.02 bits per heavy atom. The van der Waals surface area contributed by atoms with E-state index < -0.39 is 11.6 Å². The highest BCUT2D eigenvalue weighted by atomic mass is 79.9. The molecule has 2 aromatic heterocycles. The standard InChI is InChI=1S/C16H18BrNO4.C14H12BrNO2.C3H8O.C2H6/c1-2-21-15(19)13-9-7-10(17)11(18)8-12(9)22-14(13)16(20)5-3-4-6-16;15-11-5-9-10(7-17)14(8-3-1-2-4-8)18-13(9)6-12(11)16;1-3-4-2;1-2/h7-8,20H,2-6,18H2,1H3;3,5-7H,1-2,4,16H2;3H2,1-2H3;1-2H3. The Kier molecular flexibility index (Phi) is 13.9. The van der Waals surface area contributed by atoms with E-state index in [4.69, 9.17) is 25.0 Å². The number of carbonyl (C=O) groups excluding carboxylic acids is 2. The molecule has 6 rings (SSSR count). The normalized spacial score (nSPS) is 14.8. The fourth-order valence-electron chi connectivity index (χ4n) is 5.44. The van der Waals surface area contributed by atoms with E-state index in [1.165, 1.54) is 0 Å². The van der Waals surface area contributed by atoms with Crippen molar-refractivity contribution in [1.29, 1.82) is 0 Å². The summed E-state index contributed by atoms with van der Waals surface area (Å²) in [7, 11) is 1.68. The average molecular weight is 765 g/mol. The zero-order valence-electron chi connectivity index (χ0n) is 27.1. The zero-order chi connectivity index (χ0) is 34.0. The number of carbonyl (C=O) groups is 2. The van der Waals surface area contributed by atoms with Crippen LogP contribution in [0.1, 0.15) is 105 Å². The summed E-state index contributed by atoms with van der Waals surface area (Å²) in [6.45, 7) is 8.79. The molecule has 5 N–H and O–H groups in total. The van der Waals surface area contributed by atoms with Crippen LogP contribution in [0.5, 0.6) is 0 Å². The maximum atomic E-state index is 12.4. The second-order valence-corrected chi connectivity index (χ2v) is 12.4. The minimum absolute atomic E-state index is 0.263. The topological polar surface area (TPSA) is 151 Å². The van der Waals surface area contributed by atoms with Crippen molar-refractivity contribution in [2.75, 3.05) is 31.8 Å². The molecule has 11 heteroatoms. The number of benzene rings is 2. The van der Waals surface area contributed by atoms with Crippen molar-refractivity contribution < 1.29 is 33.0 Å². The third kappa shape index (κ3) is 8.23. The van der Waals surface area contributed by atoms with Gasteiger partial charge in [0.25, 0.3) is 0 Å². The number of rotatable bonds is 6. The van der Waals surface area contributed by atoms with Crippen LogP contribution < -0.4 is 11.5 Å². The third-order valence-electron chi connectivity index (χ3n) is 7.73. The number of anilines is 2. The molecular weight excluding hydrogens is 720 g/mol. The largest absolute Gasteiger partial charge is 0.462 e. The number of nitrogens with two attached hydrogens (primary N) is 2. The number of hydrogen-bond acceptors (Lipinski definition) is 9. The van der Waals surface area contributed by atoms with Gasteiger partial charge in [0.2, 0.25) is 0 Å². The number of methoxy groups -OCH3 is 1. The van der Waals surface area contributed by atoms with Crippen molar-refractivity contribution in [1.82, 2.24) is 0 Å². The zero-order valence-corrected chi connectivity index (χ0v) is 30.3. The number of fused-ring (bicyclic) bond motifs is 2. The van der Waals surface area contributed by atoms with E-state index in [9.17, 15) is 14.7 Å². The minimum atomic E-state index is -1.11. The molecule has 1 saturated carbocycles. The highest BCUT2D eigenvalue weighted by Gasteiger charge is 2.41. The molecule has 2 heterocycles. The van der Waals surface area contributed by atoms with E-state index in [0.29, 0.717) is 67.9 Å². The van der Waals surface area contributed by atoms with Crippen LogP contribution in [0.15, 0.2) is 48.1 Å². The Balaban J connectivity index is 0.000000217. The number of ether oxygens (including phenoxy) is 2. The van der Waals surface area contributed by atoms with E-state index >= 15 is 0 Å². The first-order valence-electron chi connectivity index (χ1n) is 15.6. The molecule has 0 unspecified atom stereocenters. The summed E-state index contributed by atoms with van der Waals surface area (Å²) < 4.78 is 22.8. The van der Waals surface area contributed by atoms with Gasteiger partial charge < -0.3 is 34.9 Å². The van der Waals surface area contributed by atoms with Gasteiger partial charge in [-0.1, -0.05) is 19.9 Å². The lowest BCUT2D eigenvalue weighted by atomic mass is 9.94. The van der Waals surface area contributed by atoms with E-state index in [1.54, 1.807) is 32.2 Å². The molecule has 0 aliphatic heterocycles. The second-order valence-electron chi connectivity index (χ2n) is 10.7. The number of halogens is 2. The fraction of sp³-hybridized carbons (Fsp3) is 0.429. The van der Waals surface area contributed by atoms with E-state index in [0.717, 1.165) is 60.4 Å². The molecule has 0 amide bonds. The van der Waals surface area contributed by atoms with Gasteiger partial charge in [0.05, 0.1) is 12.2 Å². The van der Waals surface area contributed by atoms with Crippen molar-refractivity contribution in [2.24, 2.45) is 0 Å². The highest BCUT2D eigenvalue weighted by molar-refractivity contribution is 9.11. The van der Waals surface area contributed by atoms with Crippen LogP contribution in [0.2, 0.25) is 0 Å². The summed E-state index contributed by atoms with van der Waals surface area (Å²) in [5.74, 6) is 0.527. The molecule has 2 aliphatic carbocycles. The summed E-state index contributed by atoms with van der Waals surface area (Å²) in [4.78, 5) is 23.7. The summed E-state index contributed by atoms with van der Waals surface area (Å²) in [6, 6.07) is 6.99. The molecule has 1 fully saturated rings. The van der Waals surface area contributed by atoms with Crippen molar-refractivity contribution >= 4 is 83.0 Å². The van der Waals surface area contributed by atoms with Crippen LogP contribution in [0.3, 0.4) is 0 Å². The quantitative estimate of drug-likeness (QED) is 0.0991.